The third-order valence-electron chi connectivity index (χ3n) is 3.49. The largest absolute Gasteiger partial charge is 0.497 e. The van der Waals surface area contributed by atoms with E-state index in [1.165, 1.54) is 12.0 Å². The van der Waals surface area contributed by atoms with Crippen LogP contribution >= 0.6 is 0 Å². The van der Waals surface area contributed by atoms with E-state index >= 15 is 0 Å². The van der Waals surface area contributed by atoms with Crippen molar-refractivity contribution >= 4 is 11.9 Å². The molecule has 0 atom stereocenters. The van der Waals surface area contributed by atoms with Gasteiger partial charge in [0.05, 0.1) is 20.3 Å². The van der Waals surface area contributed by atoms with Gasteiger partial charge in [-0.25, -0.2) is 0 Å². The van der Waals surface area contributed by atoms with E-state index in [-0.39, 0.29) is 18.5 Å². The van der Waals surface area contributed by atoms with Crippen LogP contribution in [0.2, 0.25) is 0 Å². The molecule has 0 fully saturated rings. The highest BCUT2D eigenvalue weighted by Crippen LogP contribution is 2.24. The van der Waals surface area contributed by atoms with Crippen LogP contribution in [0.15, 0.2) is 18.2 Å². The summed E-state index contributed by atoms with van der Waals surface area (Å²) in [6, 6.07) is 4.91. The molecule has 0 aliphatic carbocycles. The Bertz CT molecular complexity index is 571. The number of amides is 1. The SMILES string of the molecule is CCCOC(=O)CN(C(=O)c1cc(OC)cc(OCCC)c1)C(C)C. The van der Waals surface area contributed by atoms with Crippen molar-refractivity contribution in [3.8, 4) is 11.5 Å². The highest BCUT2D eigenvalue weighted by atomic mass is 16.5. The van der Waals surface area contributed by atoms with Gasteiger partial charge in [0.2, 0.25) is 0 Å². The highest BCUT2D eigenvalue weighted by molar-refractivity contribution is 5.97. The fourth-order valence-corrected chi connectivity index (χ4v) is 2.17. The minimum Gasteiger partial charge on any atom is -0.497 e. The molecular weight excluding hydrogens is 322 g/mol. The number of carbonyl (C=O) groups is 2. The van der Waals surface area contributed by atoms with Gasteiger partial charge in [0.1, 0.15) is 18.0 Å². The molecule has 1 aromatic rings. The van der Waals surface area contributed by atoms with Crippen LogP contribution in [-0.4, -0.2) is 49.7 Å². The number of ether oxygens (including phenoxy) is 3. The monoisotopic (exact) mass is 351 g/mol. The van der Waals surface area contributed by atoms with Crippen molar-refractivity contribution in [2.75, 3.05) is 26.9 Å². The minimum atomic E-state index is -0.408. The van der Waals surface area contributed by atoms with Gasteiger partial charge in [-0.15, -0.1) is 0 Å². The lowest BCUT2D eigenvalue weighted by molar-refractivity contribution is -0.144. The average Bonchev–Trinajstić information content (AvgIpc) is 2.61. The van der Waals surface area contributed by atoms with Gasteiger partial charge in [-0.1, -0.05) is 13.8 Å². The first-order chi connectivity index (χ1) is 11.9. The van der Waals surface area contributed by atoms with E-state index in [2.05, 4.69) is 0 Å². The lowest BCUT2D eigenvalue weighted by Gasteiger charge is -2.26. The second-order valence-electron chi connectivity index (χ2n) is 5.99. The van der Waals surface area contributed by atoms with Crippen molar-refractivity contribution in [2.45, 2.75) is 46.6 Å². The molecule has 0 unspecified atom stereocenters. The Morgan fingerprint density at radius 3 is 2.24 bits per heavy atom. The standard InChI is InChI=1S/C19H29NO5/c1-6-8-24-17-11-15(10-16(12-17)23-5)19(22)20(14(3)4)13-18(21)25-9-7-2/h10-12,14H,6-9,13H2,1-5H3. The van der Waals surface area contributed by atoms with Crippen molar-refractivity contribution in [1.82, 2.24) is 4.90 Å². The van der Waals surface area contributed by atoms with Gasteiger partial charge in [-0.05, 0) is 38.8 Å². The fraction of sp³-hybridized carbons (Fsp3) is 0.579. The van der Waals surface area contributed by atoms with Gasteiger partial charge in [0, 0.05) is 17.7 Å². The number of nitrogens with zero attached hydrogens (tertiary/aromatic N) is 1. The average molecular weight is 351 g/mol. The Kier molecular flexibility index (Phi) is 8.81. The molecule has 0 aromatic heterocycles. The van der Waals surface area contributed by atoms with Crippen LogP contribution < -0.4 is 9.47 Å². The van der Waals surface area contributed by atoms with Crippen LogP contribution in [0.3, 0.4) is 0 Å². The summed E-state index contributed by atoms with van der Waals surface area (Å²) >= 11 is 0. The zero-order valence-corrected chi connectivity index (χ0v) is 15.8. The number of methoxy groups -OCH3 is 1. The van der Waals surface area contributed by atoms with Gasteiger partial charge in [-0.2, -0.15) is 0 Å². The van der Waals surface area contributed by atoms with Crippen molar-refractivity contribution in [3.63, 3.8) is 0 Å². The number of benzene rings is 1. The van der Waals surface area contributed by atoms with Crippen LogP contribution in [-0.2, 0) is 9.53 Å². The molecule has 0 saturated carbocycles. The fourth-order valence-electron chi connectivity index (χ4n) is 2.17. The Balaban J connectivity index is 3.01. The maximum atomic E-state index is 12.9. The smallest absolute Gasteiger partial charge is 0.325 e. The summed E-state index contributed by atoms with van der Waals surface area (Å²) in [6.07, 6.45) is 1.61. The van der Waals surface area contributed by atoms with Crippen LogP contribution in [0.5, 0.6) is 11.5 Å². The molecule has 0 bridgehead atoms. The van der Waals surface area contributed by atoms with E-state index in [0.717, 1.165) is 12.8 Å². The van der Waals surface area contributed by atoms with E-state index in [1.54, 1.807) is 18.2 Å². The maximum absolute atomic E-state index is 12.9. The molecule has 1 aromatic carbocycles. The predicted octanol–water partition coefficient (Wildman–Crippen LogP) is 3.29. The molecule has 6 heteroatoms. The normalized spacial score (nSPS) is 10.5. The zero-order chi connectivity index (χ0) is 18.8. The number of hydrogen-bond acceptors (Lipinski definition) is 5. The quantitative estimate of drug-likeness (QED) is 0.605. The van der Waals surface area contributed by atoms with E-state index in [1.807, 2.05) is 27.7 Å². The number of hydrogen-bond donors (Lipinski definition) is 0. The first-order valence-electron chi connectivity index (χ1n) is 8.71. The van der Waals surface area contributed by atoms with Crippen molar-refractivity contribution in [3.05, 3.63) is 23.8 Å². The summed E-state index contributed by atoms with van der Waals surface area (Å²) in [5, 5.41) is 0. The van der Waals surface area contributed by atoms with Gasteiger partial charge < -0.3 is 19.1 Å². The van der Waals surface area contributed by atoms with Gasteiger partial charge in [0.25, 0.3) is 5.91 Å². The molecule has 140 valence electrons. The Hall–Kier alpha value is -2.24. The van der Waals surface area contributed by atoms with Crippen molar-refractivity contribution in [2.24, 2.45) is 0 Å². The summed E-state index contributed by atoms with van der Waals surface area (Å²) in [6.45, 7) is 8.48. The summed E-state index contributed by atoms with van der Waals surface area (Å²) in [7, 11) is 1.54. The molecular formula is C19H29NO5. The number of esters is 1. The van der Waals surface area contributed by atoms with E-state index in [0.29, 0.717) is 30.3 Å². The molecule has 0 heterocycles. The first kappa shape index (κ1) is 20.8. The highest BCUT2D eigenvalue weighted by Gasteiger charge is 2.23. The Morgan fingerprint density at radius 1 is 1.04 bits per heavy atom. The van der Waals surface area contributed by atoms with Crippen molar-refractivity contribution in [1.29, 1.82) is 0 Å². The summed E-state index contributed by atoms with van der Waals surface area (Å²) < 4.78 is 16.0. The lowest BCUT2D eigenvalue weighted by Crippen LogP contribution is -2.41. The second kappa shape index (κ2) is 10.6. The van der Waals surface area contributed by atoms with Crippen LogP contribution in [0, 0.1) is 0 Å². The third-order valence-corrected chi connectivity index (χ3v) is 3.49. The molecule has 6 nitrogen and oxygen atoms in total. The molecule has 0 saturated heterocycles. The minimum absolute atomic E-state index is 0.0845. The molecule has 1 rings (SSSR count). The molecule has 0 aliphatic heterocycles. The van der Waals surface area contributed by atoms with Crippen LogP contribution in [0.4, 0.5) is 0 Å². The molecule has 0 aliphatic rings. The summed E-state index contributed by atoms with van der Waals surface area (Å²) in [4.78, 5) is 26.3. The van der Waals surface area contributed by atoms with Gasteiger partial charge in [0.15, 0.2) is 0 Å². The molecule has 0 spiro atoms. The van der Waals surface area contributed by atoms with Crippen LogP contribution in [0.1, 0.15) is 50.9 Å². The summed E-state index contributed by atoms with van der Waals surface area (Å²) in [5.74, 6) is 0.439. The lowest BCUT2D eigenvalue weighted by atomic mass is 10.1. The van der Waals surface area contributed by atoms with Gasteiger partial charge >= 0.3 is 5.97 Å². The number of rotatable bonds is 10. The Morgan fingerprint density at radius 2 is 1.68 bits per heavy atom. The van der Waals surface area contributed by atoms with E-state index in [4.69, 9.17) is 14.2 Å². The van der Waals surface area contributed by atoms with Gasteiger partial charge in [-0.3, -0.25) is 9.59 Å². The molecule has 1 amide bonds. The topological polar surface area (TPSA) is 65.1 Å². The first-order valence-corrected chi connectivity index (χ1v) is 8.71. The second-order valence-corrected chi connectivity index (χ2v) is 5.99. The summed E-state index contributed by atoms with van der Waals surface area (Å²) in [5.41, 5.74) is 0.419. The third kappa shape index (κ3) is 6.64. The van der Waals surface area contributed by atoms with E-state index < -0.39 is 5.97 Å². The predicted molar refractivity (Wildman–Crippen MR) is 96.2 cm³/mol. The zero-order valence-electron chi connectivity index (χ0n) is 15.8. The molecule has 25 heavy (non-hydrogen) atoms. The molecule has 0 N–H and O–H groups in total. The van der Waals surface area contributed by atoms with Crippen molar-refractivity contribution < 1.29 is 23.8 Å². The number of carbonyl (C=O) groups excluding carboxylic acids is 2. The molecule has 0 radical (unpaired) electrons. The van der Waals surface area contributed by atoms with E-state index in [9.17, 15) is 9.59 Å². The van der Waals surface area contributed by atoms with Crippen LogP contribution in [0.25, 0.3) is 0 Å². The maximum Gasteiger partial charge on any atom is 0.325 e. The Labute approximate surface area is 150 Å².